The molecule has 0 bridgehead atoms. The van der Waals surface area contributed by atoms with Crippen molar-refractivity contribution in [2.45, 2.75) is 19.8 Å². The van der Waals surface area contributed by atoms with Crippen LogP contribution in [0.25, 0.3) is 17.5 Å². The zero-order valence-corrected chi connectivity index (χ0v) is 22.7. The highest BCUT2D eigenvalue weighted by atomic mass is 16.6. The number of allylic oxidation sites excluding steroid dienone is 1. The molecular formula is C31H29N5O4. The molecule has 0 aliphatic rings. The van der Waals surface area contributed by atoms with E-state index in [-0.39, 0.29) is 16.8 Å². The van der Waals surface area contributed by atoms with Gasteiger partial charge in [0.05, 0.1) is 33.0 Å². The third-order valence-corrected chi connectivity index (χ3v) is 7.42. The number of aromatic nitrogens is 4. The second-order valence-electron chi connectivity index (χ2n) is 9.60. The molecule has 3 aromatic carbocycles. The summed E-state index contributed by atoms with van der Waals surface area (Å²) in [6, 6.07) is 25.0. The van der Waals surface area contributed by atoms with E-state index in [2.05, 4.69) is 0 Å². The summed E-state index contributed by atoms with van der Waals surface area (Å²) in [6.07, 6.45) is 3.35. The monoisotopic (exact) mass is 535 g/mol. The van der Waals surface area contributed by atoms with Crippen molar-refractivity contribution in [3.05, 3.63) is 150 Å². The van der Waals surface area contributed by atoms with Gasteiger partial charge in [0.1, 0.15) is 0 Å². The van der Waals surface area contributed by atoms with Gasteiger partial charge in [0, 0.05) is 37.5 Å². The van der Waals surface area contributed by atoms with Gasteiger partial charge in [0.15, 0.2) is 0 Å². The number of nitro benzene ring substituents is 1. The molecule has 0 saturated heterocycles. The Morgan fingerprint density at radius 1 is 0.700 bits per heavy atom. The van der Waals surface area contributed by atoms with Gasteiger partial charge >= 0.3 is 0 Å². The summed E-state index contributed by atoms with van der Waals surface area (Å²) < 4.78 is 6.69. The van der Waals surface area contributed by atoms with Crippen LogP contribution >= 0.6 is 0 Å². The van der Waals surface area contributed by atoms with Crippen molar-refractivity contribution in [1.29, 1.82) is 0 Å². The van der Waals surface area contributed by atoms with Crippen molar-refractivity contribution in [1.82, 2.24) is 18.7 Å². The van der Waals surface area contributed by atoms with Crippen LogP contribution in [0.1, 0.15) is 34.0 Å². The summed E-state index contributed by atoms with van der Waals surface area (Å²) >= 11 is 0. The van der Waals surface area contributed by atoms with Crippen molar-refractivity contribution in [2.24, 2.45) is 14.1 Å². The van der Waals surface area contributed by atoms with Crippen LogP contribution in [0, 0.1) is 24.0 Å². The average Bonchev–Trinajstić information content (AvgIpc) is 3.32. The molecule has 0 aliphatic heterocycles. The highest BCUT2D eigenvalue weighted by Crippen LogP contribution is 2.30. The summed E-state index contributed by atoms with van der Waals surface area (Å²) in [5, 5.41) is 11.7. The molecule has 40 heavy (non-hydrogen) atoms. The van der Waals surface area contributed by atoms with Crippen LogP contribution in [-0.2, 0) is 14.1 Å². The Morgan fingerprint density at radius 2 is 1.12 bits per heavy atom. The second-order valence-corrected chi connectivity index (χ2v) is 9.60. The standard InChI is InChI=1S/C31H29N5O4/c1-21-28(30(37)34(32(21)3)24-14-7-5-8-15-24)26(20-19-23-13-11-12-18-27(23)36(39)40)29-22(2)33(4)35(31(29)38)25-16-9-6-10-17-25/h5-20,26H,1-4H3/b20-19+. The lowest BCUT2D eigenvalue weighted by atomic mass is 9.90. The Labute approximate surface area is 230 Å². The maximum atomic E-state index is 14.1. The molecular weight excluding hydrogens is 506 g/mol. The Morgan fingerprint density at radius 3 is 1.57 bits per heavy atom. The molecule has 0 amide bonds. The van der Waals surface area contributed by atoms with E-state index in [0.29, 0.717) is 39.5 Å². The molecule has 0 spiro atoms. The van der Waals surface area contributed by atoms with E-state index in [9.17, 15) is 19.7 Å². The van der Waals surface area contributed by atoms with E-state index in [1.807, 2.05) is 74.5 Å². The summed E-state index contributed by atoms with van der Waals surface area (Å²) in [5.74, 6) is -0.771. The quantitative estimate of drug-likeness (QED) is 0.216. The number of nitrogens with zero attached hydrogens (tertiary/aromatic N) is 5. The minimum atomic E-state index is -0.771. The van der Waals surface area contributed by atoms with Crippen molar-refractivity contribution < 1.29 is 4.92 Å². The molecule has 9 heteroatoms. The van der Waals surface area contributed by atoms with Gasteiger partial charge in [0.2, 0.25) is 0 Å². The van der Waals surface area contributed by atoms with E-state index in [0.717, 1.165) is 0 Å². The molecule has 2 aromatic heterocycles. The molecule has 0 unspecified atom stereocenters. The summed E-state index contributed by atoms with van der Waals surface area (Å²) in [7, 11) is 3.60. The first-order chi connectivity index (χ1) is 19.2. The van der Waals surface area contributed by atoms with Gasteiger partial charge in [-0.2, -0.15) is 0 Å². The zero-order valence-electron chi connectivity index (χ0n) is 22.7. The molecule has 0 N–H and O–H groups in total. The van der Waals surface area contributed by atoms with E-state index >= 15 is 0 Å². The molecule has 5 rings (SSSR count). The molecule has 5 aromatic rings. The molecule has 9 nitrogen and oxygen atoms in total. The predicted molar refractivity (Wildman–Crippen MR) is 155 cm³/mol. The first-order valence-corrected chi connectivity index (χ1v) is 12.8. The van der Waals surface area contributed by atoms with Gasteiger partial charge in [-0.1, -0.05) is 60.7 Å². The maximum absolute atomic E-state index is 14.1. The largest absolute Gasteiger partial charge is 0.285 e. The molecule has 202 valence electrons. The minimum Gasteiger partial charge on any atom is -0.285 e. The van der Waals surface area contributed by atoms with Gasteiger partial charge in [-0.3, -0.25) is 29.1 Å². The third-order valence-electron chi connectivity index (χ3n) is 7.42. The van der Waals surface area contributed by atoms with Gasteiger partial charge in [-0.05, 0) is 44.2 Å². The van der Waals surface area contributed by atoms with Crippen LogP contribution in [0.2, 0.25) is 0 Å². The van der Waals surface area contributed by atoms with Crippen molar-refractivity contribution >= 4 is 11.8 Å². The maximum Gasteiger partial charge on any atom is 0.276 e. The summed E-state index contributed by atoms with van der Waals surface area (Å²) in [4.78, 5) is 39.4. The van der Waals surface area contributed by atoms with Gasteiger partial charge < -0.3 is 0 Å². The van der Waals surface area contributed by atoms with E-state index in [1.165, 1.54) is 6.07 Å². The molecule has 0 fully saturated rings. The first-order valence-electron chi connectivity index (χ1n) is 12.8. The molecule has 0 radical (unpaired) electrons. The highest BCUT2D eigenvalue weighted by Gasteiger charge is 2.30. The van der Waals surface area contributed by atoms with E-state index < -0.39 is 10.8 Å². The first kappa shape index (κ1) is 26.4. The fourth-order valence-electron chi connectivity index (χ4n) is 5.23. The Balaban J connectivity index is 1.79. The number of rotatable bonds is 7. The fraction of sp³-hybridized carbons (Fsp3) is 0.161. The number of hydrogen-bond acceptors (Lipinski definition) is 4. The van der Waals surface area contributed by atoms with Crippen LogP contribution < -0.4 is 11.1 Å². The van der Waals surface area contributed by atoms with Crippen molar-refractivity contribution in [3.63, 3.8) is 0 Å². The van der Waals surface area contributed by atoms with Gasteiger partial charge in [-0.15, -0.1) is 0 Å². The molecule has 0 atom stereocenters. The van der Waals surface area contributed by atoms with E-state index in [1.54, 1.807) is 63.2 Å². The summed E-state index contributed by atoms with van der Waals surface area (Å²) in [6.45, 7) is 3.69. The molecule has 0 saturated carbocycles. The Kier molecular flexibility index (Phi) is 6.96. The number of hydrogen-bond donors (Lipinski definition) is 0. The van der Waals surface area contributed by atoms with Crippen LogP contribution in [0.4, 0.5) is 5.69 Å². The average molecular weight is 536 g/mol. The van der Waals surface area contributed by atoms with Crippen LogP contribution in [0.3, 0.4) is 0 Å². The SMILES string of the molecule is Cc1c(C(/C=C/c2ccccc2[N+](=O)[O-])c2c(C)n(C)n(-c3ccccc3)c2=O)c(=O)n(-c2ccccc2)n1C. The highest BCUT2D eigenvalue weighted by molar-refractivity contribution is 5.62. The molecule has 2 heterocycles. The second kappa shape index (κ2) is 10.5. The van der Waals surface area contributed by atoms with Crippen molar-refractivity contribution in [2.75, 3.05) is 0 Å². The number of benzene rings is 3. The lowest BCUT2D eigenvalue weighted by molar-refractivity contribution is -0.385. The van der Waals surface area contributed by atoms with Gasteiger partial charge in [-0.25, -0.2) is 9.36 Å². The van der Waals surface area contributed by atoms with Crippen molar-refractivity contribution in [3.8, 4) is 11.4 Å². The van der Waals surface area contributed by atoms with Crippen LogP contribution in [0.5, 0.6) is 0 Å². The Hall–Kier alpha value is -5.18. The van der Waals surface area contributed by atoms with Crippen LogP contribution in [-0.4, -0.2) is 23.7 Å². The van der Waals surface area contributed by atoms with Crippen LogP contribution in [0.15, 0.2) is 101 Å². The smallest absolute Gasteiger partial charge is 0.276 e. The normalized spacial score (nSPS) is 11.5. The lowest BCUT2D eigenvalue weighted by Gasteiger charge is -2.11. The topological polar surface area (TPSA) is 97.0 Å². The fourth-order valence-corrected chi connectivity index (χ4v) is 5.23. The number of para-hydroxylation sites is 3. The summed E-state index contributed by atoms with van der Waals surface area (Å²) in [5.41, 5.74) is 3.38. The molecule has 0 aliphatic carbocycles. The van der Waals surface area contributed by atoms with E-state index in [4.69, 9.17) is 0 Å². The zero-order chi connectivity index (χ0) is 28.6. The Bertz CT molecular complexity index is 1750. The minimum absolute atomic E-state index is 0.0598. The predicted octanol–water partition coefficient (Wildman–Crippen LogP) is 5.04. The number of nitro groups is 1. The lowest BCUT2D eigenvalue weighted by Crippen LogP contribution is -2.25. The third kappa shape index (κ3) is 4.41. The van der Waals surface area contributed by atoms with Gasteiger partial charge in [0.25, 0.3) is 16.8 Å².